The second-order valence-corrected chi connectivity index (χ2v) is 7.67. The highest BCUT2D eigenvalue weighted by Gasteiger charge is 2.21. The van der Waals surface area contributed by atoms with Crippen molar-refractivity contribution in [2.45, 2.75) is 6.54 Å². The number of halogens is 1. The summed E-state index contributed by atoms with van der Waals surface area (Å²) >= 11 is 3.43. The zero-order valence-electron chi connectivity index (χ0n) is 15.7. The third-order valence-electron chi connectivity index (χ3n) is 4.65. The maximum atomic E-state index is 12.4. The number of rotatable bonds is 6. The van der Waals surface area contributed by atoms with E-state index >= 15 is 0 Å². The first kappa shape index (κ1) is 20.3. The molecule has 146 valence electrons. The topological polar surface area (TPSA) is 52.7 Å². The zero-order valence-corrected chi connectivity index (χ0v) is 17.3. The van der Waals surface area contributed by atoms with Crippen LogP contribution in [0.4, 0.5) is 0 Å². The fraction of sp³-hybridized carbons (Fsp3) is 0.273. The number of nitrogens with one attached hydrogen (secondary N) is 1. The number of nitrogens with zero attached hydrogens (tertiary/aromatic N) is 2. The van der Waals surface area contributed by atoms with Gasteiger partial charge in [0.15, 0.2) is 0 Å². The summed E-state index contributed by atoms with van der Waals surface area (Å²) in [6, 6.07) is 17.7. The van der Waals surface area contributed by atoms with Crippen LogP contribution in [0.1, 0.15) is 11.1 Å². The SMILES string of the molecule is O=C(CN1CCN(C(=O)/C=C/c2cccc(Br)c2)CC1)NCc1ccccc1. The molecule has 0 aromatic heterocycles. The molecule has 28 heavy (non-hydrogen) atoms. The Bertz CT molecular complexity index is 831. The van der Waals surface area contributed by atoms with Crippen molar-refractivity contribution in [3.63, 3.8) is 0 Å². The van der Waals surface area contributed by atoms with Crippen LogP contribution in [0.2, 0.25) is 0 Å². The van der Waals surface area contributed by atoms with Gasteiger partial charge < -0.3 is 10.2 Å². The number of hydrogen-bond acceptors (Lipinski definition) is 3. The van der Waals surface area contributed by atoms with Crippen LogP contribution >= 0.6 is 15.9 Å². The Morgan fingerprint density at radius 2 is 1.75 bits per heavy atom. The van der Waals surface area contributed by atoms with Gasteiger partial charge in [0, 0.05) is 43.3 Å². The van der Waals surface area contributed by atoms with Crippen molar-refractivity contribution in [3.05, 3.63) is 76.3 Å². The third-order valence-corrected chi connectivity index (χ3v) is 5.14. The lowest BCUT2D eigenvalue weighted by atomic mass is 10.2. The molecule has 1 saturated heterocycles. The van der Waals surface area contributed by atoms with Crippen molar-refractivity contribution in [2.24, 2.45) is 0 Å². The molecule has 1 fully saturated rings. The van der Waals surface area contributed by atoms with Gasteiger partial charge in [-0.2, -0.15) is 0 Å². The highest BCUT2D eigenvalue weighted by Crippen LogP contribution is 2.13. The monoisotopic (exact) mass is 441 g/mol. The van der Waals surface area contributed by atoms with E-state index in [1.54, 1.807) is 6.08 Å². The summed E-state index contributed by atoms with van der Waals surface area (Å²) in [6.07, 6.45) is 3.44. The Morgan fingerprint density at radius 3 is 2.46 bits per heavy atom. The van der Waals surface area contributed by atoms with E-state index in [-0.39, 0.29) is 11.8 Å². The van der Waals surface area contributed by atoms with E-state index in [0.29, 0.717) is 39.3 Å². The predicted molar refractivity (Wildman–Crippen MR) is 114 cm³/mol. The van der Waals surface area contributed by atoms with Gasteiger partial charge >= 0.3 is 0 Å². The lowest BCUT2D eigenvalue weighted by molar-refractivity contribution is -0.128. The summed E-state index contributed by atoms with van der Waals surface area (Å²) < 4.78 is 0.987. The molecule has 0 radical (unpaired) electrons. The first-order valence-electron chi connectivity index (χ1n) is 9.36. The Labute approximate surface area is 174 Å². The maximum Gasteiger partial charge on any atom is 0.246 e. The molecule has 5 nitrogen and oxygen atoms in total. The van der Waals surface area contributed by atoms with Gasteiger partial charge in [0.25, 0.3) is 0 Å². The summed E-state index contributed by atoms with van der Waals surface area (Å²) in [5, 5.41) is 2.95. The molecule has 0 saturated carbocycles. The summed E-state index contributed by atoms with van der Waals surface area (Å²) in [7, 11) is 0. The molecular weight excluding hydrogens is 418 g/mol. The van der Waals surface area contributed by atoms with Crippen LogP contribution in [0.25, 0.3) is 6.08 Å². The molecule has 2 aromatic carbocycles. The van der Waals surface area contributed by atoms with E-state index in [1.165, 1.54) is 0 Å². The molecular formula is C22H24BrN3O2. The quantitative estimate of drug-likeness (QED) is 0.701. The molecule has 6 heteroatoms. The van der Waals surface area contributed by atoms with E-state index in [1.807, 2.05) is 65.6 Å². The Hall–Kier alpha value is -2.44. The second-order valence-electron chi connectivity index (χ2n) is 6.75. The lowest BCUT2D eigenvalue weighted by Crippen LogP contribution is -2.50. The first-order valence-corrected chi connectivity index (χ1v) is 10.1. The standard InChI is InChI=1S/C22H24BrN3O2/c23-20-8-4-7-18(15-20)9-10-22(28)26-13-11-25(12-14-26)17-21(27)24-16-19-5-2-1-3-6-19/h1-10,15H,11-14,16-17H2,(H,24,27)/b10-9+. The molecule has 3 rings (SSSR count). The smallest absolute Gasteiger partial charge is 0.246 e. The van der Waals surface area contributed by atoms with Crippen molar-refractivity contribution in [1.29, 1.82) is 0 Å². The number of carbonyl (C=O) groups excluding carboxylic acids is 2. The summed E-state index contributed by atoms with van der Waals surface area (Å²) in [5.74, 6) is 0.0198. The van der Waals surface area contributed by atoms with Crippen LogP contribution in [0, 0.1) is 0 Å². The molecule has 1 heterocycles. The number of carbonyl (C=O) groups is 2. The average molecular weight is 442 g/mol. The van der Waals surface area contributed by atoms with Gasteiger partial charge in [-0.25, -0.2) is 0 Å². The fourth-order valence-corrected chi connectivity index (χ4v) is 3.48. The molecule has 1 N–H and O–H groups in total. The van der Waals surface area contributed by atoms with Crippen molar-refractivity contribution in [2.75, 3.05) is 32.7 Å². The Morgan fingerprint density at radius 1 is 1.00 bits per heavy atom. The molecule has 1 aliphatic rings. The highest BCUT2D eigenvalue weighted by atomic mass is 79.9. The normalized spacial score (nSPS) is 15.0. The van der Waals surface area contributed by atoms with Gasteiger partial charge in [-0.15, -0.1) is 0 Å². The summed E-state index contributed by atoms with van der Waals surface area (Å²) in [6.45, 7) is 3.58. The van der Waals surface area contributed by atoms with Crippen LogP contribution in [0.5, 0.6) is 0 Å². The van der Waals surface area contributed by atoms with Gasteiger partial charge in [-0.05, 0) is 29.3 Å². The minimum Gasteiger partial charge on any atom is -0.351 e. The fourth-order valence-electron chi connectivity index (χ4n) is 3.07. The first-order chi connectivity index (χ1) is 13.6. The van der Waals surface area contributed by atoms with Crippen LogP contribution in [-0.4, -0.2) is 54.3 Å². The van der Waals surface area contributed by atoms with Gasteiger partial charge in [0.2, 0.25) is 11.8 Å². The van der Waals surface area contributed by atoms with Gasteiger partial charge in [-0.1, -0.05) is 58.4 Å². The zero-order chi connectivity index (χ0) is 19.8. The Balaban J connectivity index is 1.40. The molecule has 0 aliphatic carbocycles. The van der Waals surface area contributed by atoms with E-state index in [4.69, 9.17) is 0 Å². The predicted octanol–water partition coefficient (Wildman–Crippen LogP) is 2.92. The molecule has 0 unspecified atom stereocenters. The number of benzene rings is 2. The van der Waals surface area contributed by atoms with Crippen LogP contribution in [0.15, 0.2) is 65.1 Å². The molecule has 0 bridgehead atoms. The van der Waals surface area contributed by atoms with Crippen molar-refractivity contribution >= 4 is 33.8 Å². The van der Waals surface area contributed by atoms with E-state index in [2.05, 4.69) is 26.1 Å². The second kappa shape index (κ2) is 10.2. The van der Waals surface area contributed by atoms with E-state index in [0.717, 1.165) is 15.6 Å². The number of amides is 2. The minimum atomic E-state index is 0.00755. The number of hydrogen-bond donors (Lipinski definition) is 1. The molecule has 2 amide bonds. The molecule has 0 spiro atoms. The summed E-state index contributed by atoms with van der Waals surface area (Å²) in [4.78, 5) is 28.4. The van der Waals surface area contributed by atoms with Crippen molar-refractivity contribution in [1.82, 2.24) is 15.1 Å². The lowest BCUT2D eigenvalue weighted by Gasteiger charge is -2.33. The van der Waals surface area contributed by atoms with E-state index < -0.39 is 0 Å². The van der Waals surface area contributed by atoms with Crippen LogP contribution < -0.4 is 5.32 Å². The van der Waals surface area contributed by atoms with Crippen LogP contribution in [-0.2, 0) is 16.1 Å². The minimum absolute atomic E-state index is 0.00755. The van der Waals surface area contributed by atoms with Gasteiger partial charge in [-0.3, -0.25) is 14.5 Å². The maximum absolute atomic E-state index is 12.4. The van der Waals surface area contributed by atoms with Gasteiger partial charge in [0.05, 0.1) is 6.54 Å². The highest BCUT2D eigenvalue weighted by molar-refractivity contribution is 9.10. The van der Waals surface area contributed by atoms with Gasteiger partial charge in [0.1, 0.15) is 0 Å². The third kappa shape index (κ3) is 6.32. The number of piperazine rings is 1. The van der Waals surface area contributed by atoms with Crippen molar-refractivity contribution < 1.29 is 9.59 Å². The molecule has 1 aliphatic heterocycles. The Kier molecular flexibility index (Phi) is 7.39. The largest absolute Gasteiger partial charge is 0.351 e. The summed E-state index contributed by atoms with van der Waals surface area (Å²) in [5.41, 5.74) is 2.07. The molecule has 2 aromatic rings. The van der Waals surface area contributed by atoms with E-state index in [9.17, 15) is 9.59 Å². The van der Waals surface area contributed by atoms with Crippen LogP contribution in [0.3, 0.4) is 0 Å². The van der Waals surface area contributed by atoms with Crippen molar-refractivity contribution in [3.8, 4) is 0 Å². The molecule has 0 atom stereocenters. The average Bonchev–Trinajstić information content (AvgIpc) is 2.72.